The molecule has 0 unspecified atom stereocenters. The lowest BCUT2D eigenvalue weighted by Crippen LogP contribution is -2.34. The summed E-state index contributed by atoms with van der Waals surface area (Å²) >= 11 is 5.26. The van der Waals surface area contributed by atoms with Crippen LogP contribution in [-0.2, 0) is 0 Å². The number of hydrogen-bond acceptors (Lipinski definition) is 4. The number of aryl methyl sites for hydroxylation is 1. The minimum Gasteiger partial charge on any atom is -0.332 e. The molecule has 1 amide bonds. The lowest BCUT2D eigenvalue weighted by molar-refractivity contribution is 0.0977. The number of carbonyl (C=O) groups excluding carboxylic acids is 1. The van der Waals surface area contributed by atoms with E-state index in [1.54, 1.807) is 4.80 Å². The highest BCUT2D eigenvalue weighted by atomic mass is 32.1. The summed E-state index contributed by atoms with van der Waals surface area (Å²) in [5, 5.41) is 14.8. The predicted octanol–water partition coefficient (Wildman–Crippen LogP) is 5.12. The fourth-order valence-corrected chi connectivity index (χ4v) is 3.47. The average molecular weight is 448 g/mol. The Bertz CT molecular complexity index is 1310. The Morgan fingerprint density at radius 2 is 1.72 bits per heavy atom. The number of rotatable bonds is 4. The summed E-state index contributed by atoms with van der Waals surface area (Å²) in [6.45, 7) is 6.21. The monoisotopic (exact) mass is 447 g/mol. The van der Waals surface area contributed by atoms with Gasteiger partial charge in [0.05, 0.1) is 5.69 Å². The van der Waals surface area contributed by atoms with Gasteiger partial charge in [0.15, 0.2) is 5.11 Å². The molecule has 0 aliphatic carbocycles. The molecule has 4 rings (SSSR count). The summed E-state index contributed by atoms with van der Waals surface area (Å²) in [5.41, 5.74) is 5.33. The Labute approximate surface area is 190 Å². The molecule has 8 heteroatoms. The van der Waals surface area contributed by atoms with Gasteiger partial charge in [0, 0.05) is 11.3 Å². The average Bonchev–Trinajstić information content (AvgIpc) is 3.16. The number of nitrogens with zero attached hydrogens (tertiary/aromatic N) is 3. The van der Waals surface area contributed by atoms with Crippen molar-refractivity contribution in [2.24, 2.45) is 0 Å². The molecule has 3 aromatic carbocycles. The van der Waals surface area contributed by atoms with Gasteiger partial charge in [0.1, 0.15) is 16.9 Å². The molecule has 32 heavy (non-hydrogen) atoms. The standard InChI is InChI=1S/C24H22FN5OS/c1-14(2)16-7-9-19(10-8-16)30-28-21-11-15(3)20(13-22(21)29-30)26-24(32)27-23(31)17-5-4-6-18(25)12-17/h4-14H,1-3H3,(H2,26,27,31,32). The zero-order valence-electron chi connectivity index (χ0n) is 17.9. The van der Waals surface area contributed by atoms with E-state index in [4.69, 9.17) is 12.2 Å². The molecule has 1 aromatic heterocycles. The van der Waals surface area contributed by atoms with E-state index in [1.165, 1.54) is 23.8 Å². The Morgan fingerprint density at radius 3 is 2.38 bits per heavy atom. The van der Waals surface area contributed by atoms with Gasteiger partial charge in [-0.05, 0) is 78.7 Å². The third-order valence-corrected chi connectivity index (χ3v) is 5.28. The fraction of sp³-hybridized carbons (Fsp3) is 0.167. The van der Waals surface area contributed by atoms with Crippen molar-refractivity contribution in [1.82, 2.24) is 20.3 Å². The van der Waals surface area contributed by atoms with Gasteiger partial charge in [0.2, 0.25) is 0 Å². The molecule has 162 valence electrons. The molecule has 0 atom stereocenters. The topological polar surface area (TPSA) is 71.8 Å². The highest BCUT2D eigenvalue weighted by molar-refractivity contribution is 7.80. The van der Waals surface area contributed by atoms with Gasteiger partial charge < -0.3 is 5.32 Å². The number of carbonyl (C=O) groups is 1. The first-order valence-electron chi connectivity index (χ1n) is 10.2. The van der Waals surface area contributed by atoms with Gasteiger partial charge in [-0.1, -0.05) is 32.0 Å². The summed E-state index contributed by atoms with van der Waals surface area (Å²) in [6.07, 6.45) is 0. The van der Waals surface area contributed by atoms with Crippen LogP contribution in [0.3, 0.4) is 0 Å². The summed E-state index contributed by atoms with van der Waals surface area (Å²) in [6, 6.07) is 17.3. The van der Waals surface area contributed by atoms with E-state index in [1.807, 2.05) is 31.2 Å². The second-order valence-electron chi connectivity index (χ2n) is 7.81. The first-order chi connectivity index (χ1) is 15.3. The highest BCUT2D eigenvalue weighted by Crippen LogP contribution is 2.23. The molecule has 6 nitrogen and oxygen atoms in total. The normalized spacial score (nSPS) is 11.0. The van der Waals surface area contributed by atoms with Crippen LogP contribution in [0.2, 0.25) is 0 Å². The molecule has 0 saturated heterocycles. The maximum atomic E-state index is 13.3. The molecular weight excluding hydrogens is 425 g/mol. The quantitative estimate of drug-likeness (QED) is 0.425. The largest absolute Gasteiger partial charge is 0.332 e. The predicted molar refractivity (Wildman–Crippen MR) is 128 cm³/mol. The number of aromatic nitrogens is 3. The van der Waals surface area contributed by atoms with Gasteiger partial charge in [-0.2, -0.15) is 4.80 Å². The van der Waals surface area contributed by atoms with Crippen molar-refractivity contribution in [1.29, 1.82) is 0 Å². The van der Waals surface area contributed by atoms with Crippen LogP contribution in [0.15, 0.2) is 60.7 Å². The Balaban J connectivity index is 1.52. The van der Waals surface area contributed by atoms with Gasteiger partial charge in [-0.25, -0.2) is 4.39 Å². The minimum atomic E-state index is -0.489. The number of hydrogen-bond donors (Lipinski definition) is 2. The van der Waals surface area contributed by atoms with Crippen LogP contribution in [0.5, 0.6) is 0 Å². The molecule has 0 bridgehead atoms. The number of nitrogens with one attached hydrogen (secondary N) is 2. The minimum absolute atomic E-state index is 0.110. The maximum Gasteiger partial charge on any atom is 0.257 e. The van der Waals surface area contributed by atoms with Crippen molar-refractivity contribution < 1.29 is 9.18 Å². The van der Waals surface area contributed by atoms with Crippen molar-refractivity contribution in [3.05, 3.63) is 83.2 Å². The van der Waals surface area contributed by atoms with Crippen LogP contribution >= 0.6 is 12.2 Å². The summed E-state index contributed by atoms with van der Waals surface area (Å²) in [7, 11) is 0. The van der Waals surface area contributed by atoms with Crippen molar-refractivity contribution in [2.45, 2.75) is 26.7 Å². The van der Waals surface area contributed by atoms with E-state index in [9.17, 15) is 9.18 Å². The van der Waals surface area contributed by atoms with E-state index < -0.39 is 11.7 Å². The number of benzene rings is 3. The number of thiocarbonyl (C=S) groups is 1. The van der Waals surface area contributed by atoms with E-state index in [0.717, 1.165) is 22.8 Å². The molecular formula is C24H22FN5OS. The summed E-state index contributed by atoms with van der Waals surface area (Å²) < 4.78 is 13.3. The molecule has 2 N–H and O–H groups in total. The molecule has 1 heterocycles. The molecule has 0 saturated carbocycles. The van der Waals surface area contributed by atoms with Gasteiger partial charge in [-0.15, -0.1) is 10.2 Å². The molecule has 0 aliphatic heterocycles. The fourth-order valence-electron chi connectivity index (χ4n) is 3.27. The first kappa shape index (κ1) is 21.6. The van der Waals surface area contributed by atoms with Crippen molar-refractivity contribution in [2.75, 3.05) is 5.32 Å². The smallest absolute Gasteiger partial charge is 0.257 e. The number of halogens is 1. The lowest BCUT2D eigenvalue weighted by Gasteiger charge is -2.11. The summed E-state index contributed by atoms with van der Waals surface area (Å²) in [4.78, 5) is 13.9. The van der Waals surface area contributed by atoms with Crippen molar-refractivity contribution in [3.63, 3.8) is 0 Å². The van der Waals surface area contributed by atoms with Crippen molar-refractivity contribution in [3.8, 4) is 5.69 Å². The number of amides is 1. The first-order valence-corrected chi connectivity index (χ1v) is 10.6. The van der Waals surface area contributed by atoms with Crippen molar-refractivity contribution >= 4 is 40.0 Å². The number of fused-ring (bicyclic) bond motifs is 1. The van der Waals surface area contributed by atoms with E-state index in [2.05, 4.69) is 46.8 Å². The third-order valence-electron chi connectivity index (χ3n) is 5.08. The molecule has 4 aromatic rings. The van der Waals surface area contributed by atoms with Crippen LogP contribution in [-0.4, -0.2) is 26.0 Å². The zero-order chi connectivity index (χ0) is 22.8. The molecule has 0 aliphatic rings. The van der Waals surface area contributed by atoms with Gasteiger partial charge in [-0.3, -0.25) is 10.1 Å². The Morgan fingerprint density at radius 1 is 1.03 bits per heavy atom. The second kappa shape index (κ2) is 8.84. The van der Waals surface area contributed by atoms with E-state index in [0.29, 0.717) is 17.1 Å². The molecule has 0 fully saturated rings. The van der Waals surface area contributed by atoms with Crippen LogP contribution in [0.25, 0.3) is 16.7 Å². The van der Waals surface area contributed by atoms with Crippen LogP contribution < -0.4 is 10.6 Å². The molecule has 0 radical (unpaired) electrons. The highest BCUT2D eigenvalue weighted by Gasteiger charge is 2.12. The van der Waals surface area contributed by atoms with Gasteiger partial charge >= 0.3 is 0 Å². The maximum absolute atomic E-state index is 13.3. The number of anilines is 1. The Hall–Kier alpha value is -3.65. The third kappa shape index (κ3) is 4.65. The lowest BCUT2D eigenvalue weighted by atomic mass is 10.0. The van der Waals surface area contributed by atoms with Crippen LogP contribution in [0, 0.1) is 12.7 Å². The second-order valence-corrected chi connectivity index (χ2v) is 8.22. The van der Waals surface area contributed by atoms with Crippen LogP contribution in [0.4, 0.5) is 10.1 Å². The zero-order valence-corrected chi connectivity index (χ0v) is 18.7. The summed E-state index contributed by atoms with van der Waals surface area (Å²) in [5.74, 6) is -0.522. The van der Waals surface area contributed by atoms with Gasteiger partial charge in [0.25, 0.3) is 5.91 Å². The van der Waals surface area contributed by atoms with Crippen LogP contribution in [0.1, 0.15) is 41.3 Å². The SMILES string of the molecule is Cc1cc2nn(-c3ccc(C(C)C)cc3)nc2cc1NC(=S)NC(=O)c1cccc(F)c1. The molecule has 0 spiro atoms. The Kier molecular flexibility index (Phi) is 5.96. The van der Waals surface area contributed by atoms with E-state index >= 15 is 0 Å². The van der Waals surface area contributed by atoms with E-state index in [-0.39, 0.29) is 10.7 Å².